The predicted molar refractivity (Wildman–Crippen MR) is 135 cm³/mol. The number of carbonyl (C=O) groups is 3. The molecule has 0 aliphatic carbocycles. The zero-order chi connectivity index (χ0) is 26.4. The van der Waals surface area contributed by atoms with Gasteiger partial charge in [-0.3, -0.25) is 19.3 Å². The Balaban J connectivity index is 1.60. The summed E-state index contributed by atoms with van der Waals surface area (Å²) in [6.07, 6.45) is 7.63. The summed E-state index contributed by atoms with van der Waals surface area (Å²) in [5.41, 5.74) is 0.827. The summed E-state index contributed by atoms with van der Waals surface area (Å²) < 4.78 is 12.6. The van der Waals surface area contributed by atoms with Crippen LogP contribution >= 0.6 is 0 Å². The number of ether oxygens (including phenoxy) is 2. The molecule has 3 atom stereocenters. The Kier molecular flexibility index (Phi) is 8.94. The largest absolute Gasteiger partial charge is 0.481 e. The molecule has 0 aromatic heterocycles. The van der Waals surface area contributed by atoms with E-state index in [-0.39, 0.29) is 31.1 Å². The molecule has 0 radical (unpaired) electrons. The van der Waals surface area contributed by atoms with Crippen LogP contribution < -0.4 is 9.47 Å². The van der Waals surface area contributed by atoms with Crippen molar-refractivity contribution in [2.24, 2.45) is 5.92 Å². The van der Waals surface area contributed by atoms with Crippen molar-refractivity contribution in [2.75, 3.05) is 39.6 Å². The van der Waals surface area contributed by atoms with Crippen molar-refractivity contribution in [3.63, 3.8) is 0 Å². The first-order valence-corrected chi connectivity index (χ1v) is 13.0. The van der Waals surface area contributed by atoms with Gasteiger partial charge in [-0.15, -0.1) is 0 Å². The van der Waals surface area contributed by atoms with Crippen molar-refractivity contribution in [3.8, 4) is 11.5 Å². The number of hydrogen-bond donors (Lipinski definition) is 1. The highest BCUT2D eigenvalue weighted by Crippen LogP contribution is 2.42. The van der Waals surface area contributed by atoms with Crippen molar-refractivity contribution in [3.05, 3.63) is 35.9 Å². The van der Waals surface area contributed by atoms with Gasteiger partial charge in [-0.2, -0.15) is 4.58 Å². The van der Waals surface area contributed by atoms with Crippen molar-refractivity contribution >= 4 is 24.0 Å². The number of hydrogen-bond acceptors (Lipinski definition) is 7. The van der Waals surface area contributed by atoms with Gasteiger partial charge in [0.1, 0.15) is 0 Å². The Morgan fingerprint density at radius 1 is 1.22 bits per heavy atom. The molecule has 1 N–H and O–H groups in total. The number of carboxylic acid groups (broad SMARTS) is 1. The third-order valence-electron chi connectivity index (χ3n) is 7.03. The Bertz CT molecular complexity index is 1070. The summed E-state index contributed by atoms with van der Waals surface area (Å²) in [5, 5.41) is 11.8. The van der Waals surface area contributed by atoms with Crippen LogP contribution in [-0.4, -0.2) is 89.3 Å². The van der Waals surface area contributed by atoms with Gasteiger partial charge in [0.15, 0.2) is 24.3 Å². The molecule has 1 fully saturated rings. The summed E-state index contributed by atoms with van der Waals surface area (Å²) in [6, 6.07) is 5.07. The highest BCUT2D eigenvalue weighted by Gasteiger charge is 2.48. The van der Waals surface area contributed by atoms with E-state index >= 15 is 0 Å². The summed E-state index contributed by atoms with van der Waals surface area (Å²) >= 11 is 0. The molecular weight excluding hydrogens is 478 g/mol. The monoisotopic (exact) mass is 514 g/mol. The van der Waals surface area contributed by atoms with Gasteiger partial charge in [0.05, 0.1) is 25.5 Å². The number of nitrogens with zero attached hydrogens (tertiary/aromatic N) is 3. The number of benzene rings is 1. The highest BCUT2D eigenvalue weighted by atomic mass is 16.7. The number of likely N-dealkylation sites (tertiary alicyclic amines) is 1. The molecule has 1 aromatic rings. The van der Waals surface area contributed by atoms with E-state index in [1.54, 1.807) is 22.9 Å². The summed E-state index contributed by atoms with van der Waals surface area (Å²) in [7, 11) is 0. The standard InChI is InChI=1S/C27H35N3O7/c1-3-11-30(37-14-4-2)25(32)17-29-16-20(19-8-9-22-23(15-19)36-18-35-22)26(27(33)34)21(29)10-13-28-12-6-5-7-24(28)31/h5-6,8-9,12,15,20-21,26H,3-4,7,10-11,13-14,16-18H2,1-2H3/p+1/t20-,21+,26-/m1/s1. The molecule has 4 rings (SSSR count). The van der Waals surface area contributed by atoms with Crippen molar-refractivity contribution in [2.45, 2.75) is 51.5 Å². The van der Waals surface area contributed by atoms with E-state index in [0.29, 0.717) is 50.6 Å². The molecule has 3 aliphatic rings. The molecule has 200 valence electrons. The summed E-state index contributed by atoms with van der Waals surface area (Å²) in [6.45, 7) is 5.80. The fourth-order valence-electron chi connectivity index (χ4n) is 5.26. The maximum absolute atomic E-state index is 13.3. The number of rotatable bonds is 12. The number of aliphatic carboxylic acids is 1. The topological polar surface area (TPSA) is 109 Å². The first-order chi connectivity index (χ1) is 17.9. The second-order valence-electron chi connectivity index (χ2n) is 9.57. The molecule has 0 spiro atoms. The number of hydroxylamine groups is 2. The van der Waals surface area contributed by atoms with Gasteiger partial charge in [-0.05, 0) is 36.6 Å². The number of amides is 2. The van der Waals surface area contributed by atoms with E-state index in [2.05, 4.69) is 0 Å². The number of carbonyl (C=O) groups excluding carboxylic acids is 2. The van der Waals surface area contributed by atoms with Gasteiger partial charge in [-0.25, -0.2) is 9.86 Å². The van der Waals surface area contributed by atoms with Crippen LogP contribution in [0.5, 0.6) is 11.5 Å². The van der Waals surface area contributed by atoms with E-state index in [1.807, 2.05) is 37.0 Å². The molecule has 1 aromatic carbocycles. The van der Waals surface area contributed by atoms with Crippen LogP contribution in [0.4, 0.5) is 0 Å². The molecule has 3 aliphatic heterocycles. The maximum atomic E-state index is 13.3. The van der Waals surface area contributed by atoms with Crippen molar-refractivity contribution < 1.29 is 38.4 Å². The molecule has 0 unspecified atom stereocenters. The molecule has 37 heavy (non-hydrogen) atoms. The second-order valence-corrected chi connectivity index (χ2v) is 9.57. The lowest BCUT2D eigenvalue weighted by molar-refractivity contribution is -0.446. The molecule has 10 heteroatoms. The van der Waals surface area contributed by atoms with Crippen LogP contribution in [0.1, 0.15) is 51.0 Å². The minimum absolute atomic E-state index is 0.0237. The number of fused-ring (bicyclic) bond motifs is 1. The average Bonchev–Trinajstić information content (AvgIpc) is 3.50. The first kappa shape index (κ1) is 26.8. The minimum Gasteiger partial charge on any atom is -0.481 e. The zero-order valence-corrected chi connectivity index (χ0v) is 21.5. The first-order valence-electron chi connectivity index (χ1n) is 13.0. The van der Waals surface area contributed by atoms with E-state index < -0.39 is 17.9 Å². The molecule has 2 amide bonds. The third-order valence-corrected chi connectivity index (χ3v) is 7.03. The molecule has 10 nitrogen and oxygen atoms in total. The summed E-state index contributed by atoms with van der Waals surface area (Å²) in [4.78, 5) is 45.9. The molecule has 3 heterocycles. The highest BCUT2D eigenvalue weighted by molar-refractivity contribution is 5.81. The molecule has 0 bridgehead atoms. The Hall–Kier alpha value is -3.24. The average molecular weight is 515 g/mol. The predicted octanol–water partition coefficient (Wildman–Crippen LogP) is 2.42. The van der Waals surface area contributed by atoms with E-state index in [9.17, 15) is 19.5 Å². The molecular formula is C27H36N3O7+. The van der Waals surface area contributed by atoms with Gasteiger partial charge >= 0.3 is 11.9 Å². The second kappa shape index (κ2) is 12.3. The van der Waals surface area contributed by atoms with E-state index in [4.69, 9.17) is 14.3 Å². The lowest BCUT2D eigenvalue weighted by Gasteiger charge is -2.28. The van der Waals surface area contributed by atoms with Crippen LogP contribution in [0.3, 0.4) is 0 Å². The number of allylic oxidation sites excluding steroid dienone is 1. The maximum Gasteiger partial charge on any atom is 0.390 e. The van der Waals surface area contributed by atoms with Gasteiger partial charge in [-0.1, -0.05) is 26.0 Å². The van der Waals surface area contributed by atoms with E-state index in [1.165, 1.54) is 5.06 Å². The van der Waals surface area contributed by atoms with E-state index in [0.717, 1.165) is 18.4 Å². The molecule has 0 saturated carbocycles. The third kappa shape index (κ3) is 6.19. The smallest absolute Gasteiger partial charge is 0.390 e. The number of carboxylic acids is 1. The van der Waals surface area contributed by atoms with Gasteiger partial charge in [0.2, 0.25) is 6.79 Å². The van der Waals surface area contributed by atoms with Gasteiger partial charge in [0.25, 0.3) is 5.91 Å². The fraction of sp³-hybridized carbons (Fsp3) is 0.556. The Morgan fingerprint density at radius 3 is 2.76 bits per heavy atom. The van der Waals surface area contributed by atoms with Crippen LogP contribution in [0.25, 0.3) is 0 Å². The lowest BCUT2D eigenvalue weighted by atomic mass is 9.84. The van der Waals surface area contributed by atoms with Gasteiger partial charge < -0.3 is 14.6 Å². The van der Waals surface area contributed by atoms with Crippen molar-refractivity contribution in [1.82, 2.24) is 9.96 Å². The zero-order valence-electron chi connectivity index (χ0n) is 21.5. The normalized spacial score (nSPS) is 22.8. The van der Waals surface area contributed by atoms with Crippen LogP contribution in [0.15, 0.2) is 30.4 Å². The van der Waals surface area contributed by atoms with Crippen LogP contribution in [0.2, 0.25) is 0 Å². The molecule has 1 saturated heterocycles. The Morgan fingerprint density at radius 2 is 2.03 bits per heavy atom. The van der Waals surface area contributed by atoms with Crippen LogP contribution in [-0.2, 0) is 19.2 Å². The minimum atomic E-state index is -0.927. The summed E-state index contributed by atoms with van der Waals surface area (Å²) in [5.74, 6) is -1.04. The fourth-order valence-corrected chi connectivity index (χ4v) is 5.26. The van der Waals surface area contributed by atoms with Gasteiger partial charge in [0, 0.05) is 31.5 Å². The van der Waals surface area contributed by atoms with Crippen LogP contribution in [0, 0.1) is 5.92 Å². The SMILES string of the molecule is CCCON(CCC)C(=O)CN1C[C@H](c2ccc3c(c2)OCO3)[C@@H](C(=O)O)[C@@H]1CC[N+]1=CC=CCC1=O. The quantitative estimate of drug-likeness (QED) is 0.335. The lowest BCUT2D eigenvalue weighted by Crippen LogP contribution is -2.45. The Labute approximate surface area is 217 Å². The van der Waals surface area contributed by atoms with Crippen molar-refractivity contribution in [1.29, 1.82) is 0 Å².